The van der Waals surface area contributed by atoms with Gasteiger partial charge in [0.2, 0.25) is 12.1 Å². The second-order valence-electron chi connectivity index (χ2n) is 6.92. The highest BCUT2D eigenvalue weighted by Gasteiger charge is 2.36. The molecule has 3 rings (SSSR count). The zero-order valence-electron chi connectivity index (χ0n) is 16.6. The van der Waals surface area contributed by atoms with Crippen LogP contribution in [0.25, 0.3) is 0 Å². The van der Waals surface area contributed by atoms with E-state index in [2.05, 4.69) is 12.6 Å². The molecule has 0 aromatic heterocycles. The molecule has 2 unspecified atom stereocenters. The molecule has 2 aromatic rings. The van der Waals surface area contributed by atoms with Gasteiger partial charge >= 0.3 is 0 Å². The molecule has 0 spiro atoms. The van der Waals surface area contributed by atoms with Crippen molar-refractivity contribution in [3.8, 4) is 0 Å². The number of thiol groups is 1. The number of rotatable bonds is 7. The lowest BCUT2D eigenvalue weighted by atomic mass is 10.0. The standard InChI is InChI=1S/C22H24N4O3S/c1-25(21(28)17(23)14-30)20-22(29)26(12-7-13-27)18-11-6-5-10-16(18)19(24-20)15-8-3-2-4-9-15/h2-6,8-11,13,17,20,30H,7,12,14,23H2,1H3. The van der Waals surface area contributed by atoms with Crippen LogP contribution in [0.2, 0.25) is 0 Å². The summed E-state index contributed by atoms with van der Waals surface area (Å²) in [7, 11) is 1.51. The molecule has 0 bridgehead atoms. The Morgan fingerprint density at radius 2 is 1.90 bits per heavy atom. The normalized spacial score (nSPS) is 16.9. The first-order chi connectivity index (χ1) is 14.5. The zero-order chi connectivity index (χ0) is 21.7. The van der Waals surface area contributed by atoms with Gasteiger partial charge in [0.25, 0.3) is 5.91 Å². The average molecular weight is 425 g/mol. The molecule has 1 aliphatic rings. The first-order valence-electron chi connectivity index (χ1n) is 9.60. The monoisotopic (exact) mass is 424 g/mol. The van der Waals surface area contributed by atoms with Gasteiger partial charge in [0, 0.05) is 36.9 Å². The lowest BCUT2D eigenvalue weighted by molar-refractivity contribution is -0.138. The summed E-state index contributed by atoms with van der Waals surface area (Å²) in [6.45, 7) is 0.189. The summed E-state index contributed by atoms with van der Waals surface area (Å²) in [6, 6.07) is 16.0. The number of carbonyl (C=O) groups excluding carboxylic acids is 3. The Balaban J connectivity index is 2.18. The summed E-state index contributed by atoms with van der Waals surface area (Å²) in [6.07, 6.45) is -0.181. The van der Waals surface area contributed by atoms with Gasteiger partial charge in [-0.25, -0.2) is 4.99 Å². The van der Waals surface area contributed by atoms with Crippen LogP contribution in [0.3, 0.4) is 0 Å². The maximum atomic E-state index is 13.5. The van der Waals surface area contributed by atoms with Crippen molar-refractivity contribution in [2.45, 2.75) is 18.6 Å². The lowest BCUT2D eigenvalue weighted by Crippen LogP contribution is -2.53. The molecule has 0 aliphatic carbocycles. The first kappa shape index (κ1) is 21.7. The Morgan fingerprint density at radius 3 is 2.57 bits per heavy atom. The van der Waals surface area contributed by atoms with Crippen LogP contribution < -0.4 is 10.6 Å². The number of aldehydes is 1. The molecule has 0 fully saturated rings. The number of aliphatic imine (C=N–C) groups is 1. The van der Waals surface area contributed by atoms with Crippen LogP contribution in [-0.2, 0) is 14.4 Å². The summed E-state index contributed by atoms with van der Waals surface area (Å²) >= 11 is 4.09. The van der Waals surface area contributed by atoms with E-state index in [1.807, 2.05) is 54.6 Å². The van der Waals surface area contributed by atoms with Gasteiger partial charge in [-0.2, -0.15) is 12.6 Å². The molecule has 0 saturated heterocycles. The van der Waals surface area contributed by atoms with Gasteiger partial charge in [-0.1, -0.05) is 48.5 Å². The topological polar surface area (TPSA) is 96.1 Å². The molecular formula is C22H24N4O3S. The second-order valence-corrected chi connectivity index (χ2v) is 7.28. The van der Waals surface area contributed by atoms with Crippen molar-refractivity contribution in [3.63, 3.8) is 0 Å². The van der Waals surface area contributed by atoms with Crippen LogP contribution in [0.5, 0.6) is 0 Å². The summed E-state index contributed by atoms with van der Waals surface area (Å²) in [4.78, 5) is 44.8. The van der Waals surface area contributed by atoms with Crippen LogP contribution in [0.1, 0.15) is 17.5 Å². The number of hydrogen-bond donors (Lipinski definition) is 2. The Labute approximate surface area is 181 Å². The average Bonchev–Trinajstić information content (AvgIpc) is 2.91. The fraction of sp³-hybridized carbons (Fsp3) is 0.273. The van der Waals surface area contributed by atoms with Crippen molar-refractivity contribution < 1.29 is 14.4 Å². The van der Waals surface area contributed by atoms with E-state index in [9.17, 15) is 14.4 Å². The zero-order valence-corrected chi connectivity index (χ0v) is 17.5. The van der Waals surface area contributed by atoms with Crippen molar-refractivity contribution in [1.82, 2.24) is 4.90 Å². The van der Waals surface area contributed by atoms with E-state index in [0.717, 1.165) is 17.4 Å². The Morgan fingerprint density at radius 1 is 1.23 bits per heavy atom. The van der Waals surface area contributed by atoms with Crippen molar-refractivity contribution in [1.29, 1.82) is 0 Å². The van der Waals surface area contributed by atoms with E-state index in [-0.39, 0.29) is 18.7 Å². The van der Waals surface area contributed by atoms with Crippen molar-refractivity contribution >= 4 is 42.1 Å². The minimum absolute atomic E-state index is 0.147. The molecule has 1 aliphatic heterocycles. The third-order valence-corrected chi connectivity index (χ3v) is 5.33. The van der Waals surface area contributed by atoms with E-state index in [0.29, 0.717) is 11.4 Å². The molecule has 0 saturated carbocycles. The molecular weight excluding hydrogens is 400 g/mol. The van der Waals surface area contributed by atoms with Crippen LogP contribution in [0.4, 0.5) is 5.69 Å². The Kier molecular flexibility index (Phi) is 7.02. The summed E-state index contributed by atoms with van der Waals surface area (Å²) in [5.74, 6) is -0.674. The third-order valence-electron chi connectivity index (χ3n) is 4.93. The van der Waals surface area contributed by atoms with Crippen LogP contribution >= 0.6 is 12.6 Å². The fourth-order valence-corrected chi connectivity index (χ4v) is 3.52. The number of amides is 2. The molecule has 2 aromatic carbocycles. The van der Waals surface area contributed by atoms with E-state index in [1.165, 1.54) is 16.8 Å². The van der Waals surface area contributed by atoms with Gasteiger partial charge in [0.15, 0.2) is 0 Å². The number of carbonyl (C=O) groups is 3. The summed E-state index contributed by atoms with van der Waals surface area (Å²) in [5.41, 5.74) is 8.68. The Hall–Kier alpha value is -2.97. The van der Waals surface area contributed by atoms with Crippen molar-refractivity contribution in [2.75, 3.05) is 24.2 Å². The smallest absolute Gasteiger partial charge is 0.272 e. The minimum Gasteiger partial charge on any atom is -0.319 e. The number of benzene rings is 2. The van der Waals surface area contributed by atoms with E-state index >= 15 is 0 Å². The number of nitrogens with two attached hydrogens (primary N) is 1. The summed E-state index contributed by atoms with van der Waals surface area (Å²) < 4.78 is 0. The number of fused-ring (bicyclic) bond motifs is 1. The number of hydrogen-bond acceptors (Lipinski definition) is 6. The largest absolute Gasteiger partial charge is 0.319 e. The molecule has 2 atom stereocenters. The number of anilines is 1. The molecule has 0 radical (unpaired) electrons. The van der Waals surface area contributed by atoms with Crippen LogP contribution in [0, 0.1) is 0 Å². The highest BCUT2D eigenvalue weighted by molar-refractivity contribution is 7.80. The maximum Gasteiger partial charge on any atom is 0.272 e. The minimum atomic E-state index is -1.11. The van der Waals surface area contributed by atoms with Gasteiger partial charge < -0.3 is 20.3 Å². The highest BCUT2D eigenvalue weighted by Crippen LogP contribution is 2.29. The quantitative estimate of drug-likeness (QED) is 0.520. The van der Waals surface area contributed by atoms with Crippen LogP contribution in [0.15, 0.2) is 59.6 Å². The molecule has 7 nitrogen and oxygen atoms in total. The van der Waals surface area contributed by atoms with E-state index in [1.54, 1.807) is 0 Å². The first-order valence-corrected chi connectivity index (χ1v) is 10.2. The number of para-hydroxylation sites is 1. The number of benzodiazepines with no additional fused rings is 1. The van der Waals surface area contributed by atoms with Crippen molar-refractivity contribution in [2.24, 2.45) is 10.7 Å². The van der Waals surface area contributed by atoms with Crippen LogP contribution in [-0.4, -0.2) is 60.3 Å². The molecule has 156 valence electrons. The van der Waals surface area contributed by atoms with Gasteiger partial charge in [-0.3, -0.25) is 9.59 Å². The molecule has 2 amide bonds. The van der Waals surface area contributed by atoms with E-state index in [4.69, 9.17) is 10.7 Å². The maximum absolute atomic E-state index is 13.5. The van der Waals surface area contributed by atoms with Crippen molar-refractivity contribution in [3.05, 3.63) is 65.7 Å². The number of likely N-dealkylation sites (N-methyl/N-ethyl adjacent to an activating group) is 1. The SMILES string of the molecule is CN(C(=O)C(N)CS)C1N=C(c2ccccc2)c2ccccc2N(CCC=O)C1=O. The molecule has 1 heterocycles. The fourth-order valence-electron chi connectivity index (χ4n) is 3.37. The van der Waals surface area contributed by atoms with Gasteiger partial charge in [0.05, 0.1) is 17.4 Å². The van der Waals surface area contributed by atoms with Gasteiger partial charge in [0.1, 0.15) is 6.29 Å². The lowest BCUT2D eigenvalue weighted by Gasteiger charge is -2.30. The predicted octanol–water partition coefficient (Wildman–Crippen LogP) is 1.50. The number of nitrogens with zero attached hydrogens (tertiary/aromatic N) is 3. The molecule has 30 heavy (non-hydrogen) atoms. The third kappa shape index (κ3) is 4.29. The molecule has 2 N–H and O–H groups in total. The highest BCUT2D eigenvalue weighted by atomic mass is 32.1. The predicted molar refractivity (Wildman–Crippen MR) is 120 cm³/mol. The van der Waals surface area contributed by atoms with Gasteiger partial charge in [-0.05, 0) is 6.07 Å². The van der Waals surface area contributed by atoms with E-state index < -0.39 is 24.0 Å². The summed E-state index contributed by atoms with van der Waals surface area (Å²) in [5, 5.41) is 0. The second kappa shape index (κ2) is 9.69. The Bertz CT molecular complexity index is 964. The van der Waals surface area contributed by atoms with Gasteiger partial charge in [-0.15, -0.1) is 0 Å². The molecule has 8 heteroatoms.